The molecule has 106 valence electrons. The highest BCUT2D eigenvalue weighted by molar-refractivity contribution is 9.11. The van der Waals surface area contributed by atoms with E-state index in [0.717, 1.165) is 6.07 Å². The van der Waals surface area contributed by atoms with E-state index in [1.165, 1.54) is 18.5 Å². The summed E-state index contributed by atoms with van der Waals surface area (Å²) >= 11 is 5.96. The molecule has 1 N–H and O–H groups in total. The second kappa shape index (κ2) is 5.74. The van der Waals surface area contributed by atoms with Crippen molar-refractivity contribution in [2.24, 2.45) is 0 Å². The Labute approximate surface area is 130 Å². The number of benzene rings is 1. The molecule has 0 aliphatic rings. The second-order valence-electron chi connectivity index (χ2n) is 3.66. The smallest absolute Gasteiger partial charge is 0.265 e. The predicted octanol–water partition coefficient (Wildman–Crippen LogP) is 3.69. The zero-order valence-corrected chi connectivity index (χ0v) is 13.6. The molecule has 0 aliphatic carbocycles. The van der Waals surface area contributed by atoms with Gasteiger partial charge in [-0.1, -0.05) is 0 Å². The van der Waals surface area contributed by atoms with E-state index >= 15 is 0 Å². The molecular formula is C11H6Br2F2N2O2S. The fraction of sp³-hybridized carbons (Fsp3) is 0. The Kier molecular flexibility index (Phi) is 4.40. The number of rotatable bonds is 3. The van der Waals surface area contributed by atoms with Crippen LogP contribution in [0.4, 0.5) is 14.5 Å². The van der Waals surface area contributed by atoms with Crippen LogP contribution in [0.1, 0.15) is 0 Å². The number of hydrogen-bond acceptors (Lipinski definition) is 3. The highest BCUT2D eigenvalue weighted by Crippen LogP contribution is 2.29. The molecule has 0 aliphatic heterocycles. The average molecular weight is 428 g/mol. The van der Waals surface area contributed by atoms with E-state index in [-0.39, 0.29) is 10.2 Å². The van der Waals surface area contributed by atoms with Crippen molar-refractivity contribution in [2.45, 2.75) is 4.90 Å². The Balaban J connectivity index is 2.50. The van der Waals surface area contributed by atoms with E-state index in [0.29, 0.717) is 10.5 Å². The van der Waals surface area contributed by atoms with Gasteiger partial charge in [-0.05, 0) is 44.0 Å². The maximum absolute atomic E-state index is 13.7. The molecule has 0 amide bonds. The molecule has 1 aromatic heterocycles. The lowest BCUT2D eigenvalue weighted by atomic mass is 10.3. The van der Waals surface area contributed by atoms with E-state index < -0.39 is 26.6 Å². The summed E-state index contributed by atoms with van der Waals surface area (Å²) in [5.74, 6) is -2.06. The third kappa shape index (κ3) is 3.15. The number of nitrogens with zero attached hydrogens (tertiary/aromatic N) is 1. The van der Waals surface area contributed by atoms with Crippen molar-refractivity contribution < 1.29 is 17.2 Å². The Hall–Kier alpha value is -1.06. The highest BCUT2D eigenvalue weighted by atomic mass is 79.9. The van der Waals surface area contributed by atoms with Gasteiger partial charge >= 0.3 is 0 Å². The van der Waals surface area contributed by atoms with Gasteiger partial charge in [0.2, 0.25) is 0 Å². The number of hydrogen-bond donors (Lipinski definition) is 1. The minimum absolute atomic E-state index is 0.190. The summed E-state index contributed by atoms with van der Waals surface area (Å²) in [6.45, 7) is 0. The molecule has 0 bridgehead atoms. The van der Waals surface area contributed by atoms with Gasteiger partial charge in [-0.3, -0.25) is 9.71 Å². The van der Waals surface area contributed by atoms with Crippen LogP contribution in [-0.4, -0.2) is 13.4 Å². The number of pyridine rings is 1. The Bertz CT molecular complexity index is 746. The third-order valence-electron chi connectivity index (χ3n) is 2.25. The van der Waals surface area contributed by atoms with E-state index in [1.54, 1.807) is 0 Å². The Morgan fingerprint density at radius 1 is 1.15 bits per heavy atom. The summed E-state index contributed by atoms with van der Waals surface area (Å²) in [6.07, 6.45) is 2.76. The Morgan fingerprint density at radius 3 is 2.45 bits per heavy atom. The Morgan fingerprint density at radius 2 is 1.85 bits per heavy atom. The van der Waals surface area contributed by atoms with Crippen LogP contribution in [-0.2, 0) is 10.0 Å². The zero-order chi connectivity index (χ0) is 14.9. The minimum atomic E-state index is -4.21. The van der Waals surface area contributed by atoms with Gasteiger partial charge in [-0.25, -0.2) is 17.2 Å². The van der Waals surface area contributed by atoms with Crippen LogP contribution >= 0.6 is 31.9 Å². The molecule has 2 rings (SSSR count). The first kappa shape index (κ1) is 15.3. The quantitative estimate of drug-likeness (QED) is 0.812. The van der Waals surface area contributed by atoms with Crippen molar-refractivity contribution in [1.82, 2.24) is 4.98 Å². The van der Waals surface area contributed by atoms with Crippen LogP contribution in [0.15, 0.2) is 44.4 Å². The number of halogens is 4. The summed E-state index contributed by atoms with van der Waals surface area (Å²) in [6, 6.07) is 2.77. The van der Waals surface area contributed by atoms with Crippen LogP contribution in [0.3, 0.4) is 0 Å². The lowest BCUT2D eigenvalue weighted by Crippen LogP contribution is -2.16. The average Bonchev–Trinajstić information content (AvgIpc) is 2.30. The fourth-order valence-corrected chi connectivity index (χ4v) is 4.17. The predicted molar refractivity (Wildman–Crippen MR) is 76.8 cm³/mol. The van der Waals surface area contributed by atoms with E-state index in [9.17, 15) is 17.2 Å². The zero-order valence-electron chi connectivity index (χ0n) is 9.57. The van der Waals surface area contributed by atoms with Crippen LogP contribution in [0.25, 0.3) is 0 Å². The fourth-order valence-electron chi connectivity index (χ4n) is 1.44. The van der Waals surface area contributed by atoms with Gasteiger partial charge < -0.3 is 0 Å². The van der Waals surface area contributed by atoms with Crippen LogP contribution in [0.5, 0.6) is 0 Å². The molecule has 0 fully saturated rings. The minimum Gasteiger partial charge on any atom is -0.278 e. The van der Waals surface area contributed by atoms with E-state index in [4.69, 9.17) is 0 Å². The standard InChI is InChI=1S/C11H6Br2F2N2O2S/c12-7-3-6(14)4-9(15)11(7)20(18,19)17-10-1-2-16-5-8(10)13/h1-5H,(H,16,17). The largest absolute Gasteiger partial charge is 0.278 e. The van der Waals surface area contributed by atoms with Crippen LogP contribution < -0.4 is 4.72 Å². The number of sulfonamides is 1. The van der Waals surface area contributed by atoms with Gasteiger partial charge in [-0.2, -0.15) is 0 Å². The molecule has 0 unspecified atom stereocenters. The first-order chi connectivity index (χ1) is 9.31. The molecule has 1 heterocycles. The van der Waals surface area contributed by atoms with Crippen LogP contribution in [0.2, 0.25) is 0 Å². The van der Waals surface area contributed by atoms with Crippen molar-refractivity contribution in [2.75, 3.05) is 4.72 Å². The molecule has 0 atom stereocenters. The van der Waals surface area contributed by atoms with Crippen molar-refractivity contribution in [3.05, 3.63) is 51.2 Å². The summed E-state index contributed by atoms with van der Waals surface area (Å²) in [5, 5.41) is 0. The molecule has 0 radical (unpaired) electrons. The van der Waals surface area contributed by atoms with Crippen molar-refractivity contribution >= 4 is 47.6 Å². The van der Waals surface area contributed by atoms with Crippen molar-refractivity contribution in [3.8, 4) is 0 Å². The first-order valence-electron chi connectivity index (χ1n) is 5.08. The second-order valence-corrected chi connectivity index (χ2v) is 6.99. The number of aromatic nitrogens is 1. The molecule has 2 aromatic rings. The third-order valence-corrected chi connectivity index (χ3v) is 5.21. The highest BCUT2D eigenvalue weighted by Gasteiger charge is 2.24. The topological polar surface area (TPSA) is 59.1 Å². The van der Waals surface area contributed by atoms with Gasteiger partial charge in [-0.15, -0.1) is 0 Å². The number of anilines is 1. The van der Waals surface area contributed by atoms with Gasteiger partial charge in [0.05, 0.1) is 10.2 Å². The summed E-state index contributed by atoms with van der Waals surface area (Å²) in [7, 11) is -4.21. The molecule has 1 aromatic carbocycles. The maximum atomic E-state index is 13.7. The molecule has 20 heavy (non-hydrogen) atoms. The van der Waals surface area contributed by atoms with Crippen molar-refractivity contribution in [3.63, 3.8) is 0 Å². The summed E-state index contributed by atoms with van der Waals surface area (Å²) in [5.41, 5.74) is 0.190. The molecule has 4 nitrogen and oxygen atoms in total. The summed E-state index contributed by atoms with van der Waals surface area (Å²) < 4.78 is 53.4. The van der Waals surface area contributed by atoms with Gasteiger partial charge in [0.25, 0.3) is 10.0 Å². The molecule has 0 saturated heterocycles. The SMILES string of the molecule is O=S(=O)(Nc1ccncc1Br)c1c(F)cc(F)cc1Br. The summed E-state index contributed by atoms with van der Waals surface area (Å²) in [4.78, 5) is 3.12. The lowest BCUT2D eigenvalue weighted by molar-refractivity contribution is 0.548. The number of nitrogens with one attached hydrogen (secondary N) is 1. The van der Waals surface area contributed by atoms with Gasteiger partial charge in [0, 0.05) is 22.9 Å². The van der Waals surface area contributed by atoms with Crippen LogP contribution in [0, 0.1) is 11.6 Å². The monoisotopic (exact) mass is 426 g/mol. The van der Waals surface area contributed by atoms with Gasteiger partial charge in [0.1, 0.15) is 16.5 Å². The molecule has 0 spiro atoms. The first-order valence-corrected chi connectivity index (χ1v) is 8.15. The molecule has 9 heteroatoms. The lowest BCUT2D eigenvalue weighted by Gasteiger charge is -2.11. The van der Waals surface area contributed by atoms with Gasteiger partial charge in [0.15, 0.2) is 0 Å². The molecule has 0 saturated carbocycles. The van der Waals surface area contributed by atoms with Crippen molar-refractivity contribution in [1.29, 1.82) is 0 Å². The normalized spacial score (nSPS) is 11.4. The molecular weight excluding hydrogens is 422 g/mol. The maximum Gasteiger partial charge on any atom is 0.265 e. The van der Waals surface area contributed by atoms with E-state index in [1.807, 2.05) is 0 Å². The van der Waals surface area contributed by atoms with E-state index in [2.05, 4.69) is 41.6 Å².